The highest BCUT2D eigenvalue weighted by Gasteiger charge is 2.23. The summed E-state index contributed by atoms with van der Waals surface area (Å²) in [6.07, 6.45) is 0. The third kappa shape index (κ3) is 3.89. The molecule has 0 radical (unpaired) electrons. The zero-order valence-corrected chi connectivity index (χ0v) is 11.3. The van der Waals surface area contributed by atoms with Crippen LogP contribution in [0.5, 0.6) is 0 Å². The zero-order valence-electron chi connectivity index (χ0n) is 10.5. The summed E-state index contributed by atoms with van der Waals surface area (Å²) in [4.78, 5) is 22.0. The summed E-state index contributed by atoms with van der Waals surface area (Å²) in [5.74, 6) is -1.12. The molecule has 1 aromatic carbocycles. The monoisotopic (exact) mass is 288 g/mol. The molecule has 104 valence electrons. The fourth-order valence-electron chi connectivity index (χ4n) is 1.48. The number of rotatable bonds is 5. The molecular formula is C12H14ClFN2O3. The van der Waals surface area contributed by atoms with E-state index in [1.165, 1.54) is 0 Å². The fourth-order valence-corrected chi connectivity index (χ4v) is 1.91. The molecule has 1 N–H and O–H groups in total. The van der Waals surface area contributed by atoms with Crippen LogP contribution >= 0.6 is 11.6 Å². The Morgan fingerprint density at radius 2 is 2.16 bits per heavy atom. The molecule has 19 heavy (non-hydrogen) atoms. The normalized spacial score (nSPS) is 12.3. The smallest absolute Gasteiger partial charge is 0.285 e. The second kappa shape index (κ2) is 6.47. The number of nitro benzene ring substituents is 1. The molecule has 0 heterocycles. The number of alkyl halides is 1. The maximum atomic E-state index is 13.0. The van der Waals surface area contributed by atoms with E-state index >= 15 is 0 Å². The van der Waals surface area contributed by atoms with Crippen LogP contribution in [0.4, 0.5) is 10.1 Å². The molecule has 0 aliphatic heterocycles. The van der Waals surface area contributed by atoms with Crippen molar-refractivity contribution in [3.05, 3.63) is 39.7 Å². The number of hydrogen-bond acceptors (Lipinski definition) is 3. The summed E-state index contributed by atoms with van der Waals surface area (Å²) in [7, 11) is 0. The van der Waals surface area contributed by atoms with Crippen LogP contribution in [0.3, 0.4) is 0 Å². The first-order chi connectivity index (χ1) is 8.86. The van der Waals surface area contributed by atoms with E-state index in [1.54, 1.807) is 0 Å². The SMILES string of the molecule is CC(C)C(CCl)NC(=O)c1ccc(F)cc1[N+](=O)[O-]. The van der Waals surface area contributed by atoms with E-state index in [4.69, 9.17) is 11.6 Å². The van der Waals surface area contributed by atoms with Gasteiger partial charge < -0.3 is 5.32 Å². The first kappa shape index (κ1) is 15.4. The van der Waals surface area contributed by atoms with Crippen molar-refractivity contribution in [2.45, 2.75) is 19.9 Å². The Morgan fingerprint density at radius 3 is 2.63 bits per heavy atom. The second-order valence-electron chi connectivity index (χ2n) is 4.40. The number of amides is 1. The Bertz CT molecular complexity index is 494. The van der Waals surface area contributed by atoms with Gasteiger partial charge in [-0.15, -0.1) is 11.6 Å². The molecule has 1 rings (SSSR count). The molecule has 0 bridgehead atoms. The van der Waals surface area contributed by atoms with Crippen molar-refractivity contribution in [1.82, 2.24) is 5.32 Å². The van der Waals surface area contributed by atoms with Crippen molar-refractivity contribution in [2.24, 2.45) is 5.92 Å². The van der Waals surface area contributed by atoms with E-state index in [2.05, 4.69) is 5.32 Å². The second-order valence-corrected chi connectivity index (χ2v) is 4.71. The molecule has 1 amide bonds. The van der Waals surface area contributed by atoms with Crippen molar-refractivity contribution in [3.63, 3.8) is 0 Å². The molecule has 0 spiro atoms. The molecule has 1 atom stereocenters. The maximum absolute atomic E-state index is 13.0. The van der Waals surface area contributed by atoms with Gasteiger partial charge in [-0.1, -0.05) is 13.8 Å². The highest BCUT2D eigenvalue weighted by Crippen LogP contribution is 2.20. The van der Waals surface area contributed by atoms with E-state index in [-0.39, 0.29) is 23.4 Å². The first-order valence-electron chi connectivity index (χ1n) is 5.67. The Morgan fingerprint density at radius 1 is 1.53 bits per heavy atom. The summed E-state index contributed by atoms with van der Waals surface area (Å²) in [6, 6.07) is 2.51. The van der Waals surface area contributed by atoms with Gasteiger partial charge in [-0.25, -0.2) is 4.39 Å². The third-order valence-electron chi connectivity index (χ3n) is 2.69. The Kier molecular flexibility index (Phi) is 5.23. The number of carbonyl (C=O) groups excluding carboxylic acids is 1. The molecule has 0 saturated carbocycles. The molecule has 0 aromatic heterocycles. The predicted octanol–water partition coefficient (Wildman–Crippen LogP) is 2.73. The minimum atomic E-state index is -0.789. The van der Waals surface area contributed by atoms with Crippen molar-refractivity contribution in [2.75, 3.05) is 5.88 Å². The number of carbonyl (C=O) groups is 1. The van der Waals surface area contributed by atoms with Gasteiger partial charge in [0.2, 0.25) is 0 Å². The van der Waals surface area contributed by atoms with Crippen LogP contribution < -0.4 is 5.32 Å². The van der Waals surface area contributed by atoms with Gasteiger partial charge in [-0.3, -0.25) is 14.9 Å². The van der Waals surface area contributed by atoms with Crippen molar-refractivity contribution in [1.29, 1.82) is 0 Å². The fraction of sp³-hybridized carbons (Fsp3) is 0.417. The molecule has 7 heteroatoms. The number of nitrogens with zero attached hydrogens (tertiary/aromatic N) is 1. The number of halogens is 2. The average Bonchev–Trinajstić information content (AvgIpc) is 2.34. The standard InChI is InChI=1S/C12H14ClFN2O3/c1-7(2)10(6-13)15-12(17)9-4-3-8(14)5-11(9)16(18)19/h3-5,7,10H,6H2,1-2H3,(H,15,17). The highest BCUT2D eigenvalue weighted by molar-refractivity contribution is 6.18. The third-order valence-corrected chi connectivity index (χ3v) is 3.02. The number of nitrogens with one attached hydrogen (secondary N) is 1. The van der Waals surface area contributed by atoms with Crippen LogP contribution in [-0.2, 0) is 0 Å². The van der Waals surface area contributed by atoms with Gasteiger partial charge in [-0.05, 0) is 18.1 Å². The van der Waals surface area contributed by atoms with E-state index < -0.39 is 22.3 Å². The molecule has 0 aliphatic rings. The van der Waals surface area contributed by atoms with Crippen LogP contribution in [0.1, 0.15) is 24.2 Å². The molecule has 1 aromatic rings. The van der Waals surface area contributed by atoms with Gasteiger partial charge in [0.25, 0.3) is 11.6 Å². The quantitative estimate of drug-likeness (QED) is 0.514. The van der Waals surface area contributed by atoms with Gasteiger partial charge >= 0.3 is 0 Å². The summed E-state index contributed by atoms with van der Waals surface area (Å²) < 4.78 is 13.0. The Labute approximate surface area is 114 Å². The first-order valence-corrected chi connectivity index (χ1v) is 6.21. The lowest BCUT2D eigenvalue weighted by atomic mass is 10.1. The molecular weight excluding hydrogens is 275 g/mol. The van der Waals surface area contributed by atoms with Crippen molar-refractivity contribution in [3.8, 4) is 0 Å². The molecule has 1 unspecified atom stereocenters. The lowest BCUT2D eigenvalue weighted by Gasteiger charge is -2.19. The summed E-state index contributed by atoms with van der Waals surface area (Å²) >= 11 is 5.71. The van der Waals surface area contributed by atoms with Crippen LogP contribution in [0, 0.1) is 21.8 Å². The highest BCUT2D eigenvalue weighted by atomic mass is 35.5. The van der Waals surface area contributed by atoms with Crippen LogP contribution in [0.25, 0.3) is 0 Å². The molecule has 0 fully saturated rings. The maximum Gasteiger partial charge on any atom is 0.285 e. The van der Waals surface area contributed by atoms with Gasteiger partial charge in [-0.2, -0.15) is 0 Å². The van der Waals surface area contributed by atoms with E-state index in [1.807, 2.05) is 13.8 Å². The van der Waals surface area contributed by atoms with E-state index in [0.717, 1.165) is 18.2 Å². The van der Waals surface area contributed by atoms with Crippen LogP contribution in [0.15, 0.2) is 18.2 Å². The Balaban J connectivity index is 3.03. The van der Waals surface area contributed by atoms with Gasteiger partial charge in [0.05, 0.1) is 11.0 Å². The van der Waals surface area contributed by atoms with E-state index in [0.29, 0.717) is 0 Å². The number of benzene rings is 1. The minimum absolute atomic E-state index is 0.0842. The van der Waals surface area contributed by atoms with E-state index in [9.17, 15) is 19.3 Å². The van der Waals surface area contributed by atoms with Crippen molar-refractivity contribution < 1.29 is 14.1 Å². The van der Waals surface area contributed by atoms with Gasteiger partial charge in [0, 0.05) is 11.9 Å². The summed E-state index contributed by atoms with van der Waals surface area (Å²) in [5, 5.41) is 13.4. The van der Waals surface area contributed by atoms with Crippen LogP contribution in [-0.4, -0.2) is 22.8 Å². The van der Waals surface area contributed by atoms with Gasteiger partial charge in [0.15, 0.2) is 0 Å². The largest absolute Gasteiger partial charge is 0.348 e. The number of nitro groups is 1. The molecule has 0 aliphatic carbocycles. The Hall–Kier alpha value is -1.69. The average molecular weight is 289 g/mol. The molecule has 5 nitrogen and oxygen atoms in total. The lowest BCUT2D eigenvalue weighted by molar-refractivity contribution is -0.385. The lowest BCUT2D eigenvalue weighted by Crippen LogP contribution is -2.40. The number of hydrogen-bond donors (Lipinski definition) is 1. The topological polar surface area (TPSA) is 72.2 Å². The van der Waals surface area contributed by atoms with Crippen molar-refractivity contribution >= 4 is 23.2 Å². The molecule has 0 saturated heterocycles. The van der Waals surface area contributed by atoms with Gasteiger partial charge in [0.1, 0.15) is 11.4 Å². The minimum Gasteiger partial charge on any atom is -0.348 e. The summed E-state index contributed by atoms with van der Waals surface area (Å²) in [6.45, 7) is 3.73. The summed E-state index contributed by atoms with van der Waals surface area (Å²) in [5.41, 5.74) is -0.739. The zero-order chi connectivity index (χ0) is 14.6. The predicted molar refractivity (Wildman–Crippen MR) is 69.9 cm³/mol. The van der Waals surface area contributed by atoms with Crippen LogP contribution in [0.2, 0.25) is 0 Å².